The summed E-state index contributed by atoms with van der Waals surface area (Å²) in [5.74, 6) is -0.197. The Labute approximate surface area is 435 Å². The fourth-order valence-electron chi connectivity index (χ4n) is 9.49. The van der Waals surface area contributed by atoms with Crippen molar-refractivity contribution in [3.63, 3.8) is 0 Å². The van der Waals surface area contributed by atoms with Crippen molar-refractivity contribution in [3.8, 4) is 0 Å². The predicted molar refractivity (Wildman–Crippen MR) is 292 cm³/mol. The Hall–Kier alpha value is -1.86. The van der Waals surface area contributed by atoms with Gasteiger partial charge in [0, 0.05) is 12.8 Å². The van der Waals surface area contributed by atoms with Crippen LogP contribution in [0.25, 0.3) is 0 Å². The fourth-order valence-corrected chi connectivity index (χ4v) is 9.49. The summed E-state index contributed by atoms with van der Waals surface area (Å²) in [4.78, 5) is 25.0. The first kappa shape index (κ1) is 67.2. The van der Waals surface area contributed by atoms with Crippen LogP contribution in [0.3, 0.4) is 0 Å². The van der Waals surface area contributed by atoms with Crippen LogP contribution in [-0.2, 0) is 23.8 Å². The average molecular weight is 1010 g/mol. The number of hydrogen-bond donors (Lipinski definition) is 6. The smallest absolute Gasteiger partial charge is 0.305 e. The van der Waals surface area contributed by atoms with Gasteiger partial charge in [0.2, 0.25) is 5.91 Å². The minimum Gasteiger partial charge on any atom is -0.466 e. The lowest BCUT2D eigenvalue weighted by molar-refractivity contribution is -0.302. The summed E-state index contributed by atoms with van der Waals surface area (Å²) >= 11 is 0. The van der Waals surface area contributed by atoms with Crippen LogP contribution >= 0.6 is 0 Å². The van der Waals surface area contributed by atoms with Gasteiger partial charge in [0.05, 0.1) is 32.0 Å². The maximum atomic E-state index is 13.0. The molecule has 7 atom stereocenters. The molecule has 1 aliphatic heterocycles. The zero-order valence-electron chi connectivity index (χ0n) is 45.9. The van der Waals surface area contributed by atoms with Gasteiger partial charge < -0.3 is 45.1 Å². The first-order chi connectivity index (χ1) is 34.7. The molecule has 1 heterocycles. The summed E-state index contributed by atoms with van der Waals surface area (Å²) in [5.41, 5.74) is 0. The van der Waals surface area contributed by atoms with Crippen LogP contribution in [-0.4, -0.2) is 100 Å². The summed E-state index contributed by atoms with van der Waals surface area (Å²) in [6.45, 7) is 4.30. The Balaban J connectivity index is 2.00. The lowest BCUT2D eigenvalue weighted by Gasteiger charge is -2.40. The predicted octanol–water partition coefficient (Wildman–Crippen LogP) is 13.7. The summed E-state index contributed by atoms with van der Waals surface area (Å²) < 4.78 is 16.7. The van der Waals surface area contributed by atoms with Gasteiger partial charge in [-0.2, -0.15) is 0 Å². The Morgan fingerprint density at radius 1 is 0.507 bits per heavy atom. The lowest BCUT2D eigenvalue weighted by atomic mass is 9.99. The van der Waals surface area contributed by atoms with Gasteiger partial charge in [-0.3, -0.25) is 9.59 Å². The van der Waals surface area contributed by atoms with E-state index in [1.54, 1.807) is 6.08 Å². The molecule has 0 bridgehead atoms. The molecule has 1 amide bonds. The molecule has 418 valence electrons. The number of hydrogen-bond acceptors (Lipinski definition) is 10. The maximum absolute atomic E-state index is 13.0. The van der Waals surface area contributed by atoms with E-state index in [0.717, 1.165) is 64.2 Å². The lowest BCUT2D eigenvalue weighted by Crippen LogP contribution is -2.60. The van der Waals surface area contributed by atoms with E-state index in [-0.39, 0.29) is 18.5 Å². The van der Waals surface area contributed by atoms with Crippen molar-refractivity contribution in [1.29, 1.82) is 0 Å². The van der Waals surface area contributed by atoms with Crippen molar-refractivity contribution in [2.75, 3.05) is 19.8 Å². The van der Waals surface area contributed by atoms with E-state index < -0.39 is 49.5 Å². The molecule has 7 unspecified atom stereocenters. The molecule has 71 heavy (non-hydrogen) atoms. The number of ether oxygens (including phenoxy) is 3. The molecule has 1 rings (SSSR count). The summed E-state index contributed by atoms with van der Waals surface area (Å²) in [5, 5.41) is 54.2. The van der Waals surface area contributed by atoms with Gasteiger partial charge in [0.15, 0.2) is 6.29 Å². The van der Waals surface area contributed by atoms with Crippen LogP contribution in [0.15, 0.2) is 24.3 Å². The van der Waals surface area contributed by atoms with Crippen molar-refractivity contribution >= 4 is 11.9 Å². The van der Waals surface area contributed by atoms with Crippen LogP contribution in [0.5, 0.6) is 0 Å². The summed E-state index contributed by atoms with van der Waals surface area (Å²) in [6, 6.07) is -0.809. The first-order valence-electron chi connectivity index (χ1n) is 30.1. The molecule has 11 nitrogen and oxygen atoms in total. The number of aliphatic hydroxyl groups excluding tert-OH is 5. The van der Waals surface area contributed by atoms with Crippen molar-refractivity contribution in [3.05, 3.63) is 24.3 Å². The van der Waals surface area contributed by atoms with Gasteiger partial charge in [0.25, 0.3) is 0 Å². The van der Waals surface area contributed by atoms with Gasteiger partial charge >= 0.3 is 5.97 Å². The van der Waals surface area contributed by atoms with Crippen molar-refractivity contribution in [2.24, 2.45) is 0 Å². The monoisotopic (exact) mass is 1010 g/mol. The van der Waals surface area contributed by atoms with Crippen LogP contribution in [0.4, 0.5) is 0 Å². The van der Waals surface area contributed by atoms with Crippen LogP contribution in [0.2, 0.25) is 0 Å². The fraction of sp³-hybridized carbons (Fsp3) is 0.900. The second kappa shape index (κ2) is 50.3. The van der Waals surface area contributed by atoms with Crippen molar-refractivity contribution < 1.29 is 49.3 Å². The summed E-state index contributed by atoms with van der Waals surface area (Å²) in [6.07, 6.45) is 50.0. The van der Waals surface area contributed by atoms with E-state index in [1.807, 2.05) is 6.08 Å². The molecule has 0 saturated carbocycles. The van der Waals surface area contributed by atoms with Crippen LogP contribution in [0.1, 0.15) is 284 Å². The molecule has 0 aromatic carbocycles. The Morgan fingerprint density at radius 2 is 0.901 bits per heavy atom. The number of rotatable bonds is 52. The number of aliphatic hydroxyl groups is 5. The molecular formula is C60H113NO10. The molecule has 1 saturated heterocycles. The van der Waals surface area contributed by atoms with Gasteiger partial charge in [-0.1, -0.05) is 237 Å². The largest absolute Gasteiger partial charge is 0.466 e. The minimum absolute atomic E-state index is 0.0119. The van der Waals surface area contributed by atoms with E-state index in [2.05, 4.69) is 31.3 Å². The molecule has 6 N–H and O–H groups in total. The number of nitrogens with one attached hydrogen (secondary N) is 1. The topological polar surface area (TPSA) is 175 Å². The third kappa shape index (κ3) is 40.2. The normalized spacial score (nSPS) is 19.2. The highest BCUT2D eigenvalue weighted by Gasteiger charge is 2.44. The van der Waals surface area contributed by atoms with E-state index in [9.17, 15) is 35.1 Å². The Morgan fingerprint density at radius 3 is 1.35 bits per heavy atom. The summed E-state index contributed by atoms with van der Waals surface area (Å²) in [7, 11) is 0. The third-order valence-corrected chi connectivity index (χ3v) is 14.3. The van der Waals surface area contributed by atoms with Crippen molar-refractivity contribution in [1.82, 2.24) is 5.32 Å². The van der Waals surface area contributed by atoms with E-state index in [1.165, 1.54) is 193 Å². The molecule has 0 radical (unpaired) electrons. The average Bonchev–Trinajstić information content (AvgIpc) is 3.37. The van der Waals surface area contributed by atoms with Crippen molar-refractivity contribution in [2.45, 2.75) is 326 Å². The number of amides is 1. The molecular weight excluding hydrogens is 895 g/mol. The number of esters is 1. The Bertz CT molecular complexity index is 1230. The van der Waals surface area contributed by atoms with Gasteiger partial charge in [-0.25, -0.2) is 0 Å². The molecule has 11 heteroatoms. The highest BCUT2D eigenvalue weighted by atomic mass is 16.7. The SMILES string of the molecule is CCCCCCC/C=C\CCCCCCCC(=O)OCCCCCCCCCCCCCCCCCCCCCCC(=O)NC(COC1OC(CO)C(O)C(O)C1O)C(O)/C=C/CCCCCCCCC. The highest BCUT2D eigenvalue weighted by Crippen LogP contribution is 2.23. The number of unbranched alkanes of at least 4 members (excludes halogenated alkanes) is 36. The second-order valence-corrected chi connectivity index (χ2v) is 21.1. The van der Waals surface area contributed by atoms with Gasteiger partial charge in [-0.05, 0) is 57.8 Å². The first-order valence-corrected chi connectivity index (χ1v) is 30.1. The second-order valence-electron chi connectivity index (χ2n) is 21.1. The number of carbonyl (C=O) groups is 2. The van der Waals surface area contributed by atoms with E-state index in [4.69, 9.17) is 14.2 Å². The Kier molecular flexibility index (Phi) is 47.6. The molecule has 0 aromatic heterocycles. The zero-order valence-corrected chi connectivity index (χ0v) is 45.9. The third-order valence-electron chi connectivity index (χ3n) is 14.3. The molecule has 0 spiro atoms. The van der Waals surface area contributed by atoms with E-state index >= 15 is 0 Å². The minimum atomic E-state index is -1.57. The zero-order chi connectivity index (χ0) is 51.7. The maximum Gasteiger partial charge on any atom is 0.305 e. The number of carbonyl (C=O) groups excluding carboxylic acids is 2. The molecule has 0 aliphatic carbocycles. The van der Waals surface area contributed by atoms with Gasteiger partial charge in [0.1, 0.15) is 24.4 Å². The highest BCUT2D eigenvalue weighted by molar-refractivity contribution is 5.76. The van der Waals surface area contributed by atoms with Crippen LogP contribution < -0.4 is 5.32 Å². The van der Waals surface area contributed by atoms with E-state index in [0.29, 0.717) is 19.4 Å². The molecule has 0 aromatic rings. The van der Waals surface area contributed by atoms with Crippen LogP contribution in [0, 0.1) is 0 Å². The molecule has 1 fully saturated rings. The standard InChI is InChI=1S/C60H113NO10/c1-3-5-7-9-11-13-14-15-25-28-32-36-40-44-48-56(65)69-49-45-41-37-33-29-26-23-21-19-17-16-18-20-22-24-27-31-35-39-43-47-55(64)61-52(53(63)46-42-38-34-30-12-10-8-6-4-2)51-70-60-59(68)58(67)57(66)54(50-62)71-60/h14-15,42,46,52-54,57-60,62-63,66-68H,3-13,16-41,43-45,47-51H2,1-2H3,(H,61,64)/b15-14-,46-42+. The quantitative estimate of drug-likeness (QED) is 0.0195. The number of allylic oxidation sites excluding steroid dienone is 3. The van der Waals surface area contributed by atoms with Gasteiger partial charge in [-0.15, -0.1) is 0 Å². The molecule has 1 aliphatic rings.